The third-order valence-electron chi connectivity index (χ3n) is 4.04. The van der Waals surface area contributed by atoms with E-state index in [1.165, 1.54) is 4.68 Å². The van der Waals surface area contributed by atoms with Crippen LogP contribution >= 0.6 is 0 Å². The van der Waals surface area contributed by atoms with Gasteiger partial charge in [-0.25, -0.2) is 9.07 Å². The maximum atomic E-state index is 13.3. The van der Waals surface area contributed by atoms with E-state index < -0.39 is 24.3 Å². The summed E-state index contributed by atoms with van der Waals surface area (Å²) in [7, 11) is 0. The van der Waals surface area contributed by atoms with Crippen molar-refractivity contribution in [3.8, 4) is 11.6 Å². The Morgan fingerprint density at radius 3 is 2.76 bits per heavy atom. The second-order valence-electron chi connectivity index (χ2n) is 6.13. The second kappa shape index (κ2) is 6.75. The number of pyridine rings is 1. The van der Waals surface area contributed by atoms with Gasteiger partial charge in [0.15, 0.2) is 6.17 Å². The van der Waals surface area contributed by atoms with Gasteiger partial charge in [0.2, 0.25) is 0 Å². The number of ether oxygens (including phenoxy) is 1. The van der Waals surface area contributed by atoms with Gasteiger partial charge in [-0.1, -0.05) is 0 Å². The van der Waals surface area contributed by atoms with Gasteiger partial charge in [0.05, 0.1) is 22.9 Å². The predicted molar refractivity (Wildman–Crippen MR) is 86.9 cm³/mol. The van der Waals surface area contributed by atoms with Crippen LogP contribution in [0, 0.1) is 24.0 Å². The fraction of sp³-hybridized carbons (Fsp3) is 0.500. The first-order chi connectivity index (χ1) is 11.9. The van der Waals surface area contributed by atoms with Crippen molar-refractivity contribution < 1.29 is 19.2 Å². The normalized spacial score (nSPS) is 15.2. The molecule has 1 fully saturated rings. The van der Waals surface area contributed by atoms with Crippen LogP contribution in [0.5, 0.6) is 5.88 Å². The maximum absolute atomic E-state index is 13.3. The van der Waals surface area contributed by atoms with Gasteiger partial charge in [-0.2, -0.15) is 0 Å². The lowest BCUT2D eigenvalue weighted by molar-refractivity contribution is -0.386. The van der Waals surface area contributed by atoms with E-state index >= 15 is 0 Å². The molecular formula is C16H19FN4O4. The molecule has 134 valence electrons. The molecule has 1 unspecified atom stereocenters. The van der Waals surface area contributed by atoms with Crippen LogP contribution in [0.3, 0.4) is 0 Å². The number of rotatable bonds is 7. The molecule has 3 rings (SSSR count). The SMILES string of the molecule is Cc1ccc(-n2nc(OCC(F)CO)c([N+](=O)[O-])c2C2CC2)c(C)n1. The summed E-state index contributed by atoms with van der Waals surface area (Å²) in [5.74, 6) is -0.215. The van der Waals surface area contributed by atoms with Crippen LogP contribution in [0.15, 0.2) is 12.1 Å². The Labute approximate surface area is 143 Å². The molecule has 1 N–H and O–H groups in total. The standard InChI is InChI=1S/C16H19FN4O4/c1-9-3-6-13(10(2)18-9)20-14(11-4-5-11)15(21(23)24)16(19-20)25-8-12(17)7-22/h3,6,11-12,22H,4-5,7-8H2,1-2H3. The van der Waals surface area contributed by atoms with Gasteiger partial charge < -0.3 is 9.84 Å². The number of aryl methyl sites for hydroxylation is 2. The Kier molecular flexibility index (Phi) is 4.67. The largest absolute Gasteiger partial charge is 0.469 e. The summed E-state index contributed by atoms with van der Waals surface area (Å²) >= 11 is 0. The van der Waals surface area contributed by atoms with Crippen molar-refractivity contribution >= 4 is 5.69 Å². The maximum Gasteiger partial charge on any atom is 0.354 e. The van der Waals surface area contributed by atoms with Gasteiger partial charge in [-0.15, -0.1) is 5.10 Å². The molecule has 9 heteroatoms. The van der Waals surface area contributed by atoms with Crippen molar-refractivity contribution in [3.63, 3.8) is 0 Å². The highest BCUT2D eigenvalue weighted by atomic mass is 19.1. The van der Waals surface area contributed by atoms with Crippen molar-refractivity contribution in [3.05, 3.63) is 39.3 Å². The minimum atomic E-state index is -1.63. The number of aliphatic hydroxyl groups is 1. The van der Waals surface area contributed by atoms with Crippen LogP contribution in [-0.2, 0) is 0 Å². The quantitative estimate of drug-likeness (QED) is 0.607. The molecule has 1 aliphatic rings. The van der Waals surface area contributed by atoms with Gasteiger partial charge in [0.25, 0.3) is 0 Å². The number of aliphatic hydroxyl groups excluding tert-OH is 1. The summed E-state index contributed by atoms with van der Waals surface area (Å²) in [6.07, 6.45) is 0.0243. The molecular weight excluding hydrogens is 331 g/mol. The summed E-state index contributed by atoms with van der Waals surface area (Å²) < 4.78 is 20.0. The lowest BCUT2D eigenvalue weighted by Crippen LogP contribution is -2.17. The van der Waals surface area contributed by atoms with Crippen molar-refractivity contribution in [1.29, 1.82) is 0 Å². The predicted octanol–water partition coefficient (Wildman–Crippen LogP) is 2.38. The highest BCUT2D eigenvalue weighted by molar-refractivity contribution is 5.54. The number of aromatic nitrogens is 3. The van der Waals surface area contributed by atoms with Crippen LogP contribution in [0.25, 0.3) is 5.69 Å². The first kappa shape index (κ1) is 17.3. The molecule has 0 saturated heterocycles. The van der Waals surface area contributed by atoms with Crippen molar-refractivity contribution in [2.75, 3.05) is 13.2 Å². The van der Waals surface area contributed by atoms with Crippen LogP contribution in [-0.4, -0.2) is 44.2 Å². The van der Waals surface area contributed by atoms with E-state index in [-0.39, 0.29) is 17.5 Å². The molecule has 8 nitrogen and oxygen atoms in total. The minimum absolute atomic E-state index is 0.0185. The zero-order valence-electron chi connectivity index (χ0n) is 14.0. The number of nitrogens with zero attached hydrogens (tertiary/aromatic N) is 4. The molecule has 0 radical (unpaired) electrons. The summed E-state index contributed by atoms with van der Waals surface area (Å²) in [6, 6.07) is 3.60. The monoisotopic (exact) mass is 350 g/mol. The zero-order chi connectivity index (χ0) is 18.1. The summed E-state index contributed by atoms with van der Waals surface area (Å²) in [5, 5.41) is 24.6. The Balaban J connectivity index is 2.09. The van der Waals surface area contributed by atoms with Gasteiger partial charge in [0, 0.05) is 11.6 Å². The van der Waals surface area contributed by atoms with Crippen LogP contribution in [0.2, 0.25) is 0 Å². The Bertz CT molecular complexity index is 804. The smallest absolute Gasteiger partial charge is 0.354 e. The van der Waals surface area contributed by atoms with E-state index in [4.69, 9.17) is 9.84 Å². The topological polar surface area (TPSA) is 103 Å². The Morgan fingerprint density at radius 1 is 1.48 bits per heavy atom. The first-order valence-electron chi connectivity index (χ1n) is 8.02. The molecule has 0 spiro atoms. The number of halogens is 1. The highest BCUT2D eigenvalue weighted by Crippen LogP contribution is 2.48. The molecule has 0 aliphatic heterocycles. The molecule has 2 heterocycles. The Hall–Kier alpha value is -2.55. The van der Waals surface area contributed by atoms with Crippen LogP contribution in [0.4, 0.5) is 10.1 Å². The van der Waals surface area contributed by atoms with Gasteiger partial charge in [0.1, 0.15) is 12.3 Å². The van der Waals surface area contributed by atoms with Crippen molar-refractivity contribution in [2.45, 2.75) is 38.8 Å². The molecule has 0 aromatic carbocycles. The average Bonchev–Trinajstić information content (AvgIpc) is 3.33. The average molecular weight is 350 g/mol. The van der Waals surface area contributed by atoms with Crippen LogP contribution < -0.4 is 4.74 Å². The minimum Gasteiger partial charge on any atom is -0.469 e. The van der Waals surface area contributed by atoms with E-state index in [0.717, 1.165) is 18.5 Å². The van der Waals surface area contributed by atoms with E-state index in [1.54, 1.807) is 19.1 Å². The van der Waals surface area contributed by atoms with Gasteiger partial charge >= 0.3 is 11.6 Å². The van der Waals surface area contributed by atoms with Gasteiger partial charge in [-0.3, -0.25) is 15.1 Å². The number of hydrogen-bond donors (Lipinski definition) is 1. The third-order valence-corrected chi connectivity index (χ3v) is 4.04. The first-order valence-corrected chi connectivity index (χ1v) is 8.02. The number of alkyl halides is 1. The molecule has 2 aromatic heterocycles. The molecule has 1 aliphatic carbocycles. The van der Waals surface area contributed by atoms with E-state index in [1.807, 2.05) is 6.92 Å². The molecule has 0 amide bonds. The fourth-order valence-corrected chi connectivity index (χ4v) is 2.70. The molecule has 2 aromatic rings. The van der Waals surface area contributed by atoms with E-state index in [2.05, 4.69) is 10.1 Å². The summed E-state index contributed by atoms with van der Waals surface area (Å²) in [4.78, 5) is 15.4. The van der Waals surface area contributed by atoms with E-state index in [0.29, 0.717) is 17.1 Å². The molecule has 0 bridgehead atoms. The molecule has 1 atom stereocenters. The second-order valence-corrected chi connectivity index (χ2v) is 6.13. The summed E-state index contributed by atoms with van der Waals surface area (Å²) in [6.45, 7) is 2.44. The van der Waals surface area contributed by atoms with E-state index in [9.17, 15) is 14.5 Å². The zero-order valence-corrected chi connectivity index (χ0v) is 14.0. The molecule has 25 heavy (non-hydrogen) atoms. The Morgan fingerprint density at radius 2 is 2.20 bits per heavy atom. The van der Waals surface area contributed by atoms with Crippen molar-refractivity contribution in [1.82, 2.24) is 14.8 Å². The molecule has 1 saturated carbocycles. The third kappa shape index (κ3) is 3.46. The van der Waals surface area contributed by atoms with Crippen LogP contribution in [0.1, 0.15) is 35.8 Å². The number of hydrogen-bond acceptors (Lipinski definition) is 6. The highest BCUT2D eigenvalue weighted by Gasteiger charge is 2.40. The lowest BCUT2D eigenvalue weighted by atomic mass is 10.2. The van der Waals surface area contributed by atoms with Crippen molar-refractivity contribution in [2.24, 2.45) is 0 Å². The summed E-state index contributed by atoms with van der Waals surface area (Å²) in [5.41, 5.74) is 2.35. The van der Waals surface area contributed by atoms with Gasteiger partial charge in [-0.05, 0) is 38.8 Å². The lowest BCUT2D eigenvalue weighted by Gasteiger charge is -2.08. The fourth-order valence-electron chi connectivity index (χ4n) is 2.70. The number of nitro groups is 1.